The number of carbonyl (C=O) groups excluding carboxylic acids is 1. The minimum Gasteiger partial charge on any atom is -0.294 e. The molecule has 0 unspecified atom stereocenters. The van der Waals surface area contributed by atoms with Crippen molar-refractivity contribution >= 4 is 17.4 Å². The highest BCUT2D eigenvalue weighted by Gasteiger charge is 2.15. The van der Waals surface area contributed by atoms with Gasteiger partial charge in [-0.15, -0.1) is 0 Å². The molecule has 0 amide bonds. The fourth-order valence-electron chi connectivity index (χ4n) is 1.80. The van der Waals surface area contributed by atoms with Crippen molar-refractivity contribution in [3.05, 3.63) is 69.7 Å². The number of Topliss-reactive ketones (excluding diaryl/α,β-unsaturated/α-hetero) is 1. The Morgan fingerprint density at radius 1 is 1.16 bits per heavy atom. The highest BCUT2D eigenvalue weighted by Crippen LogP contribution is 2.18. The molecule has 98 valence electrons. The van der Waals surface area contributed by atoms with Crippen LogP contribution in [0.15, 0.2) is 36.4 Å². The lowest BCUT2D eigenvalue weighted by Crippen LogP contribution is -2.07. The summed E-state index contributed by atoms with van der Waals surface area (Å²) in [5.74, 6) is -1.89. The molecule has 4 heteroatoms. The molecule has 19 heavy (non-hydrogen) atoms. The van der Waals surface area contributed by atoms with Crippen LogP contribution in [0.3, 0.4) is 0 Å². The van der Waals surface area contributed by atoms with Crippen molar-refractivity contribution in [1.29, 1.82) is 0 Å². The average molecular weight is 281 g/mol. The van der Waals surface area contributed by atoms with E-state index in [1.54, 1.807) is 24.3 Å². The van der Waals surface area contributed by atoms with E-state index in [1.165, 1.54) is 13.0 Å². The van der Waals surface area contributed by atoms with Gasteiger partial charge in [0.15, 0.2) is 5.78 Å². The highest BCUT2D eigenvalue weighted by atomic mass is 35.5. The molecule has 0 fully saturated rings. The van der Waals surface area contributed by atoms with Crippen molar-refractivity contribution in [3.8, 4) is 0 Å². The molecule has 2 aromatic rings. The van der Waals surface area contributed by atoms with E-state index in [2.05, 4.69) is 0 Å². The van der Waals surface area contributed by atoms with Gasteiger partial charge in [0.05, 0.1) is 5.56 Å². The first-order valence-electron chi connectivity index (χ1n) is 5.70. The zero-order valence-corrected chi connectivity index (χ0v) is 11.0. The summed E-state index contributed by atoms with van der Waals surface area (Å²) < 4.78 is 26.7. The van der Waals surface area contributed by atoms with Gasteiger partial charge in [-0.05, 0) is 36.2 Å². The van der Waals surface area contributed by atoms with Crippen LogP contribution >= 0.6 is 11.6 Å². The Kier molecular flexibility index (Phi) is 3.96. The lowest BCUT2D eigenvalue weighted by Gasteiger charge is -2.05. The lowest BCUT2D eigenvalue weighted by molar-refractivity contribution is 0.0989. The molecule has 2 aromatic carbocycles. The van der Waals surface area contributed by atoms with Crippen molar-refractivity contribution < 1.29 is 13.6 Å². The average Bonchev–Trinajstić information content (AvgIpc) is 2.33. The third-order valence-electron chi connectivity index (χ3n) is 2.80. The van der Waals surface area contributed by atoms with Crippen LogP contribution in [0.5, 0.6) is 0 Å². The van der Waals surface area contributed by atoms with Gasteiger partial charge < -0.3 is 0 Å². The predicted molar refractivity (Wildman–Crippen MR) is 70.6 cm³/mol. The number of benzene rings is 2. The summed E-state index contributed by atoms with van der Waals surface area (Å²) in [6.07, 6.45) is 0.0303. The summed E-state index contributed by atoms with van der Waals surface area (Å²) in [5, 5.41) is 0.515. The molecule has 0 aromatic heterocycles. The van der Waals surface area contributed by atoms with Gasteiger partial charge in [0.2, 0.25) is 0 Å². The quantitative estimate of drug-likeness (QED) is 0.764. The molecular formula is C15H11ClF2O. The Hall–Kier alpha value is -1.74. The minimum atomic E-state index is -0.838. The van der Waals surface area contributed by atoms with Crippen LogP contribution in [0, 0.1) is 18.6 Å². The van der Waals surface area contributed by atoms with Crippen LogP contribution in [0.4, 0.5) is 8.78 Å². The van der Waals surface area contributed by atoms with Crippen LogP contribution in [0.2, 0.25) is 5.02 Å². The van der Waals surface area contributed by atoms with E-state index in [4.69, 9.17) is 11.6 Å². The summed E-state index contributed by atoms with van der Waals surface area (Å²) >= 11 is 5.82. The van der Waals surface area contributed by atoms with Crippen LogP contribution in [0.1, 0.15) is 21.5 Å². The van der Waals surface area contributed by atoms with E-state index in [-0.39, 0.29) is 17.5 Å². The third kappa shape index (κ3) is 3.18. The van der Waals surface area contributed by atoms with Crippen molar-refractivity contribution in [2.45, 2.75) is 13.3 Å². The highest BCUT2D eigenvalue weighted by molar-refractivity contribution is 6.30. The van der Waals surface area contributed by atoms with Crippen molar-refractivity contribution in [2.75, 3.05) is 0 Å². The molecule has 0 saturated heterocycles. The number of aryl methyl sites for hydroxylation is 1. The van der Waals surface area contributed by atoms with E-state index in [1.807, 2.05) is 0 Å². The normalized spacial score (nSPS) is 10.5. The molecule has 0 saturated carbocycles. The lowest BCUT2D eigenvalue weighted by atomic mass is 10.0. The van der Waals surface area contributed by atoms with Gasteiger partial charge in [0.25, 0.3) is 0 Å². The smallest absolute Gasteiger partial charge is 0.170 e. The first-order valence-corrected chi connectivity index (χ1v) is 6.08. The van der Waals surface area contributed by atoms with Crippen LogP contribution < -0.4 is 0 Å². The summed E-state index contributed by atoms with van der Waals surface area (Å²) in [6.45, 7) is 1.49. The predicted octanol–water partition coefficient (Wildman–Crippen LogP) is 4.35. The summed E-state index contributed by atoms with van der Waals surface area (Å²) in [7, 11) is 0. The molecule has 0 spiro atoms. The van der Waals surface area contributed by atoms with Crippen molar-refractivity contribution in [3.63, 3.8) is 0 Å². The molecule has 0 atom stereocenters. The third-order valence-corrected chi connectivity index (χ3v) is 3.04. The summed E-state index contributed by atoms with van der Waals surface area (Å²) in [5.41, 5.74) is 0.841. The number of ketones is 1. The van der Waals surface area contributed by atoms with Crippen LogP contribution in [0.25, 0.3) is 0 Å². The van der Waals surface area contributed by atoms with Gasteiger partial charge in [-0.1, -0.05) is 23.7 Å². The van der Waals surface area contributed by atoms with Gasteiger partial charge in [-0.2, -0.15) is 0 Å². The maximum atomic E-state index is 13.6. The first-order chi connectivity index (χ1) is 8.97. The molecule has 0 heterocycles. The van der Waals surface area contributed by atoms with E-state index >= 15 is 0 Å². The van der Waals surface area contributed by atoms with Crippen molar-refractivity contribution in [1.82, 2.24) is 0 Å². The Morgan fingerprint density at radius 3 is 2.58 bits per heavy atom. The SMILES string of the molecule is Cc1cc(C(=O)Cc2cccc(Cl)c2)c(F)cc1F. The molecule has 0 aliphatic rings. The molecule has 0 radical (unpaired) electrons. The number of hydrogen-bond donors (Lipinski definition) is 0. The number of rotatable bonds is 3. The molecular weight excluding hydrogens is 270 g/mol. The Morgan fingerprint density at radius 2 is 1.89 bits per heavy atom. The molecule has 0 aliphatic heterocycles. The molecule has 2 rings (SSSR count). The van der Waals surface area contributed by atoms with Gasteiger partial charge in [0.1, 0.15) is 11.6 Å². The number of carbonyl (C=O) groups is 1. The number of halogens is 3. The van der Waals surface area contributed by atoms with Gasteiger partial charge in [-0.25, -0.2) is 8.78 Å². The molecule has 0 bridgehead atoms. The second-order valence-electron chi connectivity index (χ2n) is 4.31. The Balaban J connectivity index is 2.28. The zero-order chi connectivity index (χ0) is 14.0. The minimum absolute atomic E-state index is 0.0303. The fourth-order valence-corrected chi connectivity index (χ4v) is 2.01. The maximum Gasteiger partial charge on any atom is 0.170 e. The molecule has 0 N–H and O–H groups in total. The van der Waals surface area contributed by atoms with E-state index < -0.39 is 17.4 Å². The van der Waals surface area contributed by atoms with Crippen LogP contribution in [-0.4, -0.2) is 5.78 Å². The largest absolute Gasteiger partial charge is 0.294 e. The molecule has 0 aliphatic carbocycles. The standard InChI is InChI=1S/C15H11ClF2O/c1-9-5-12(14(18)8-13(9)17)15(19)7-10-3-2-4-11(16)6-10/h2-6,8H,7H2,1H3. The molecule has 1 nitrogen and oxygen atoms in total. The van der Waals surface area contributed by atoms with E-state index in [0.717, 1.165) is 6.07 Å². The monoisotopic (exact) mass is 280 g/mol. The Bertz CT molecular complexity index is 638. The number of hydrogen-bond acceptors (Lipinski definition) is 1. The van der Waals surface area contributed by atoms with E-state index in [9.17, 15) is 13.6 Å². The van der Waals surface area contributed by atoms with E-state index in [0.29, 0.717) is 10.6 Å². The summed E-state index contributed by atoms with van der Waals surface area (Å²) in [4.78, 5) is 12.0. The second-order valence-corrected chi connectivity index (χ2v) is 4.75. The van der Waals surface area contributed by atoms with Crippen molar-refractivity contribution in [2.24, 2.45) is 0 Å². The van der Waals surface area contributed by atoms with Gasteiger partial charge in [-0.3, -0.25) is 4.79 Å². The van der Waals surface area contributed by atoms with Gasteiger partial charge in [0, 0.05) is 17.5 Å². The topological polar surface area (TPSA) is 17.1 Å². The fraction of sp³-hybridized carbons (Fsp3) is 0.133. The van der Waals surface area contributed by atoms with Crippen LogP contribution in [-0.2, 0) is 6.42 Å². The second kappa shape index (κ2) is 5.49. The Labute approximate surface area is 114 Å². The van der Waals surface area contributed by atoms with Gasteiger partial charge >= 0.3 is 0 Å². The zero-order valence-electron chi connectivity index (χ0n) is 10.2. The summed E-state index contributed by atoms with van der Waals surface area (Å²) in [6, 6.07) is 8.76. The maximum absolute atomic E-state index is 13.6. The first kappa shape index (κ1) is 13.7.